The molecule has 22 heavy (non-hydrogen) atoms. The first-order valence-corrected chi connectivity index (χ1v) is 7.35. The van der Waals surface area contributed by atoms with E-state index in [4.69, 9.17) is 15.2 Å². The van der Waals surface area contributed by atoms with Gasteiger partial charge in [-0.15, -0.1) is 0 Å². The quantitative estimate of drug-likeness (QED) is 0.524. The summed E-state index contributed by atoms with van der Waals surface area (Å²) in [5, 5.41) is 1.98. The minimum atomic E-state index is -0.348. The number of carbonyl (C=O) groups excluding carboxylic acids is 1. The average Bonchev–Trinajstić information content (AvgIpc) is 2.46. The monoisotopic (exact) mass is 297 g/mol. The van der Waals surface area contributed by atoms with E-state index in [2.05, 4.69) is 0 Å². The number of benzene rings is 2. The van der Waals surface area contributed by atoms with Gasteiger partial charge in [0.1, 0.15) is 12.4 Å². The maximum atomic E-state index is 11.8. The Morgan fingerprint density at radius 1 is 1.32 bits per heavy atom. The number of nitrogens with two attached hydrogens (primary N) is 1. The molecule has 1 heterocycles. The van der Waals surface area contributed by atoms with Crippen molar-refractivity contribution >= 4 is 28.0 Å². The highest BCUT2D eigenvalue weighted by Gasteiger charge is 2.22. The number of rotatable bonds is 2. The number of ether oxygens (including phenoxy) is 2. The molecule has 4 nitrogen and oxygen atoms in total. The standard InChI is InChI=1S/C18H19NO3/c1-4-21-15(20)8-12-9-22-18-11(3)7-14(19)16-10(2)5-6-13(12)17(16)18/h5-8H,4,9,19H2,1-3H3. The van der Waals surface area contributed by atoms with Crippen molar-refractivity contribution in [1.82, 2.24) is 0 Å². The van der Waals surface area contributed by atoms with Crippen molar-refractivity contribution in [2.45, 2.75) is 20.8 Å². The second-order valence-corrected chi connectivity index (χ2v) is 5.50. The van der Waals surface area contributed by atoms with E-state index >= 15 is 0 Å². The Hall–Kier alpha value is -2.49. The van der Waals surface area contributed by atoms with Gasteiger partial charge in [0.25, 0.3) is 0 Å². The molecule has 1 aliphatic heterocycles. The van der Waals surface area contributed by atoms with Crippen LogP contribution in [-0.2, 0) is 9.53 Å². The van der Waals surface area contributed by atoms with E-state index in [9.17, 15) is 4.79 Å². The van der Waals surface area contributed by atoms with Crippen molar-refractivity contribution in [2.75, 3.05) is 18.9 Å². The van der Waals surface area contributed by atoms with Crippen LogP contribution in [0.4, 0.5) is 5.69 Å². The van der Waals surface area contributed by atoms with Crippen LogP contribution in [0.3, 0.4) is 0 Å². The molecule has 1 aliphatic rings. The van der Waals surface area contributed by atoms with E-state index in [1.54, 1.807) is 6.92 Å². The average molecular weight is 297 g/mol. The molecule has 2 N–H and O–H groups in total. The topological polar surface area (TPSA) is 61.5 Å². The van der Waals surface area contributed by atoms with Crippen LogP contribution in [0.1, 0.15) is 23.6 Å². The summed E-state index contributed by atoms with van der Waals surface area (Å²) in [7, 11) is 0. The number of hydrogen-bond donors (Lipinski definition) is 1. The molecule has 2 aromatic carbocycles. The number of nitrogen functional groups attached to an aromatic ring is 1. The van der Waals surface area contributed by atoms with Gasteiger partial charge >= 0.3 is 5.97 Å². The van der Waals surface area contributed by atoms with Crippen molar-refractivity contribution in [1.29, 1.82) is 0 Å². The van der Waals surface area contributed by atoms with E-state index in [1.165, 1.54) is 6.08 Å². The third kappa shape index (κ3) is 2.21. The zero-order valence-electron chi connectivity index (χ0n) is 13.0. The predicted octanol–water partition coefficient (Wildman–Crippen LogP) is 3.38. The normalized spacial score (nSPS) is 15.0. The number of hydrogen-bond acceptors (Lipinski definition) is 4. The molecule has 0 saturated carbocycles. The lowest BCUT2D eigenvalue weighted by Crippen LogP contribution is -2.12. The van der Waals surface area contributed by atoms with E-state index in [-0.39, 0.29) is 5.97 Å². The van der Waals surface area contributed by atoms with Gasteiger partial charge in [-0.05, 0) is 43.5 Å². The van der Waals surface area contributed by atoms with Crippen LogP contribution >= 0.6 is 0 Å². The number of esters is 1. The molecule has 0 atom stereocenters. The molecule has 0 aliphatic carbocycles. The molecular formula is C18H19NO3. The molecule has 0 fully saturated rings. The summed E-state index contributed by atoms with van der Waals surface area (Å²) in [6.07, 6.45) is 1.51. The molecule has 0 amide bonds. The van der Waals surface area contributed by atoms with Gasteiger partial charge in [-0.2, -0.15) is 0 Å². The van der Waals surface area contributed by atoms with Gasteiger partial charge in [-0.3, -0.25) is 0 Å². The Bertz CT molecular complexity index is 806. The number of aryl methyl sites for hydroxylation is 2. The van der Waals surface area contributed by atoms with Gasteiger partial charge in [0.15, 0.2) is 0 Å². The van der Waals surface area contributed by atoms with Gasteiger partial charge in [-0.1, -0.05) is 12.1 Å². The fourth-order valence-electron chi connectivity index (χ4n) is 3.01. The highest BCUT2D eigenvalue weighted by atomic mass is 16.5. The maximum absolute atomic E-state index is 11.8. The fraction of sp³-hybridized carbons (Fsp3) is 0.278. The summed E-state index contributed by atoms with van der Waals surface area (Å²) in [6, 6.07) is 5.99. The summed E-state index contributed by atoms with van der Waals surface area (Å²) in [4.78, 5) is 11.8. The number of anilines is 1. The third-order valence-corrected chi connectivity index (χ3v) is 3.96. The summed E-state index contributed by atoms with van der Waals surface area (Å²) >= 11 is 0. The van der Waals surface area contributed by atoms with Crippen LogP contribution in [0.5, 0.6) is 5.75 Å². The third-order valence-electron chi connectivity index (χ3n) is 3.96. The van der Waals surface area contributed by atoms with Crippen molar-refractivity contribution in [3.8, 4) is 5.75 Å². The Balaban J connectivity index is 2.28. The largest absolute Gasteiger partial charge is 0.488 e. The van der Waals surface area contributed by atoms with Crippen LogP contribution in [0.25, 0.3) is 16.3 Å². The molecule has 0 spiro atoms. The van der Waals surface area contributed by atoms with Crippen LogP contribution in [0.15, 0.2) is 24.3 Å². The van der Waals surface area contributed by atoms with Crippen LogP contribution < -0.4 is 10.5 Å². The Morgan fingerprint density at radius 3 is 2.82 bits per heavy atom. The molecule has 4 heteroatoms. The molecule has 0 radical (unpaired) electrons. The molecule has 2 aromatic rings. The first-order valence-electron chi connectivity index (χ1n) is 7.35. The van der Waals surface area contributed by atoms with E-state index in [1.807, 2.05) is 32.0 Å². The van der Waals surface area contributed by atoms with E-state index < -0.39 is 0 Å². The summed E-state index contributed by atoms with van der Waals surface area (Å²) in [5.74, 6) is 0.503. The highest BCUT2D eigenvalue weighted by molar-refractivity contribution is 6.09. The predicted molar refractivity (Wildman–Crippen MR) is 87.9 cm³/mol. The summed E-state index contributed by atoms with van der Waals surface area (Å²) in [6.45, 7) is 6.51. The molecule has 0 unspecified atom stereocenters. The Morgan fingerprint density at radius 2 is 2.09 bits per heavy atom. The minimum absolute atomic E-state index is 0.348. The lowest BCUT2D eigenvalue weighted by molar-refractivity contribution is -0.137. The van der Waals surface area contributed by atoms with Gasteiger partial charge in [0, 0.05) is 28.1 Å². The zero-order chi connectivity index (χ0) is 15.9. The Labute approximate surface area is 129 Å². The minimum Gasteiger partial charge on any atom is -0.488 e. The maximum Gasteiger partial charge on any atom is 0.331 e. The molecule has 0 aromatic heterocycles. The van der Waals surface area contributed by atoms with E-state index in [0.717, 1.165) is 44.5 Å². The number of carbonyl (C=O) groups is 1. The smallest absolute Gasteiger partial charge is 0.331 e. The highest BCUT2D eigenvalue weighted by Crippen LogP contribution is 2.43. The van der Waals surface area contributed by atoms with Gasteiger partial charge in [0.2, 0.25) is 0 Å². The molecule has 0 saturated heterocycles. The zero-order valence-corrected chi connectivity index (χ0v) is 13.0. The van der Waals surface area contributed by atoms with Crippen LogP contribution in [-0.4, -0.2) is 19.2 Å². The lowest BCUT2D eigenvalue weighted by Gasteiger charge is -2.24. The van der Waals surface area contributed by atoms with Gasteiger partial charge in [0.05, 0.1) is 6.61 Å². The lowest BCUT2D eigenvalue weighted by atomic mass is 9.90. The van der Waals surface area contributed by atoms with Crippen molar-refractivity contribution < 1.29 is 14.3 Å². The SMILES string of the molecule is CCOC(=O)C=C1COc2c(C)cc(N)c3c(C)ccc1c23. The first kappa shape index (κ1) is 14.4. The Kier molecular flexibility index (Phi) is 3.53. The molecule has 114 valence electrons. The molecular weight excluding hydrogens is 278 g/mol. The van der Waals surface area contributed by atoms with Crippen LogP contribution in [0, 0.1) is 13.8 Å². The molecule has 3 rings (SSSR count). The molecule has 0 bridgehead atoms. The summed E-state index contributed by atoms with van der Waals surface area (Å²) in [5.41, 5.74) is 10.8. The summed E-state index contributed by atoms with van der Waals surface area (Å²) < 4.78 is 10.9. The van der Waals surface area contributed by atoms with Crippen LogP contribution in [0.2, 0.25) is 0 Å². The van der Waals surface area contributed by atoms with Crippen molar-refractivity contribution in [2.24, 2.45) is 0 Å². The van der Waals surface area contributed by atoms with E-state index in [0.29, 0.717) is 13.2 Å². The van der Waals surface area contributed by atoms with Crippen molar-refractivity contribution in [3.63, 3.8) is 0 Å². The first-order chi connectivity index (χ1) is 10.5. The second-order valence-electron chi connectivity index (χ2n) is 5.50. The fourth-order valence-corrected chi connectivity index (χ4v) is 3.01. The second kappa shape index (κ2) is 5.37. The van der Waals surface area contributed by atoms with Gasteiger partial charge < -0.3 is 15.2 Å². The van der Waals surface area contributed by atoms with Gasteiger partial charge in [-0.25, -0.2) is 4.79 Å². The van der Waals surface area contributed by atoms with Crippen molar-refractivity contribution in [3.05, 3.63) is 41.0 Å².